The third-order valence-electron chi connectivity index (χ3n) is 3.14. The highest BCUT2D eigenvalue weighted by atomic mass is 35.5. The van der Waals surface area contributed by atoms with Crippen molar-refractivity contribution in [2.45, 2.75) is 27.0 Å². The van der Waals surface area contributed by atoms with Gasteiger partial charge < -0.3 is 10.5 Å². The molecule has 100 valence electrons. The molecule has 0 heterocycles. The lowest BCUT2D eigenvalue weighted by atomic mass is 10.1. The summed E-state index contributed by atoms with van der Waals surface area (Å²) in [7, 11) is 0. The molecule has 2 nitrogen and oxygen atoms in total. The summed E-state index contributed by atoms with van der Waals surface area (Å²) in [6.45, 7) is 5.06. The van der Waals surface area contributed by atoms with E-state index in [-0.39, 0.29) is 0 Å². The molecule has 0 bridgehead atoms. The number of rotatable bonds is 4. The second-order valence-corrected chi connectivity index (χ2v) is 5.07. The predicted molar refractivity (Wildman–Crippen MR) is 79.6 cm³/mol. The van der Waals surface area contributed by atoms with Crippen LogP contribution in [-0.2, 0) is 13.2 Å². The van der Waals surface area contributed by atoms with Gasteiger partial charge in [-0.05, 0) is 48.2 Å². The van der Waals surface area contributed by atoms with Crippen molar-refractivity contribution in [3.8, 4) is 5.75 Å². The molecule has 0 aliphatic rings. The molecule has 0 saturated carbocycles. The monoisotopic (exact) mass is 275 g/mol. The Labute approximate surface area is 119 Å². The second-order valence-electron chi connectivity index (χ2n) is 4.63. The molecule has 19 heavy (non-hydrogen) atoms. The minimum atomic E-state index is 0.524. The zero-order valence-electron chi connectivity index (χ0n) is 11.2. The van der Waals surface area contributed by atoms with Crippen LogP contribution in [-0.4, -0.2) is 0 Å². The lowest BCUT2D eigenvalue weighted by molar-refractivity contribution is 0.301. The van der Waals surface area contributed by atoms with Crippen molar-refractivity contribution >= 4 is 11.6 Å². The molecular formula is C16H18ClNO. The minimum Gasteiger partial charge on any atom is -0.488 e. The number of hydrogen-bond acceptors (Lipinski definition) is 2. The molecule has 2 aromatic carbocycles. The van der Waals surface area contributed by atoms with Gasteiger partial charge in [0.15, 0.2) is 0 Å². The van der Waals surface area contributed by atoms with Crippen LogP contribution in [0.2, 0.25) is 5.02 Å². The van der Waals surface area contributed by atoms with Crippen molar-refractivity contribution in [2.75, 3.05) is 0 Å². The highest BCUT2D eigenvalue weighted by Crippen LogP contribution is 2.28. The van der Waals surface area contributed by atoms with Gasteiger partial charge in [-0.25, -0.2) is 0 Å². The summed E-state index contributed by atoms with van der Waals surface area (Å²) in [5, 5.41) is 0.740. The third kappa shape index (κ3) is 3.28. The van der Waals surface area contributed by atoms with Gasteiger partial charge in [-0.2, -0.15) is 0 Å². The second kappa shape index (κ2) is 6.09. The van der Waals surface area contributed by atoms with E-state index in [2.05, 4.69) is 0 Å². The first-order chi connectivity index (χ1) is 9.11. The molecule has 0 radical (unpaired) electrons. The molecule has 0 spiro atoms. The molecule has 0 saturated heterocycles. The van der Waals surface area contributed by atoms with E-state index in [0.29, 0.717) is 13.2 Å². The van der Waals surface area contributed by atoms with Crippen LogP contribution in [0.5, 0.6) is 5.75 Å². The first kappa shape index (κ1) is 13.9. The van der Waals surface area contributed by atoms with E-state index in [1.165, 1.54) is 0 Å². The number of nitrogens with two attached hydrogens (primary N) is 1. The molecule has 0 unspecified atom stereocenters. The van der Waals surface area contributed by atoms with Gasteiger partial charge in [0.05, 0.1) is 0 Å². The van der Waals surface area contributed by atoms with E-state index < -0.39 is 0 Å². The Morgan fingerprint density at radius 2 is 1.63 bits per heavy atom. The molecule has 0 aliphatic heterocycles. The molecule has 2 aromatic rings. The maximum Gasteiger partial charge on any atom is 0.125 e. The lowest BCUT2D eigenvalue weighted by Gasteiger charge is -2.14. The molecule has 0 amide bonds. The average molecular weight is 276 g/mol. The summed E-state index contributed by atoms with van der Waals surface area (Å²) in [5.74, 6) is 0.899. The summed E-state index contributed by atoms with van der Waals surface area (Å²) >= 11 is 6.01. The van der Waals surface area contributed by atoms with E-state index in [0.717, 1.165) is 33.0 Å². The van der Waals surface area contributed by atoms with Crippen LogP contribution in [0, 0.1) is 13.8 Å². The summed E-state index contributed by atoms with van der Waals surface area (Å²) in [6.07, 6.45) is 0. The zero-order valence-corrected chi connectivity index (χ0v) is 12.0. The topological polar surface area (TPSA) is 35.2 Å². The standard InChI is InChI=1S/C16H18ClNO/c1-11-7-15(17)8-12(2)16(11)19-10-14-6-4-3-5-13(14)9-18/h3-8H,9-10,18H2,1-2H3. The van der Waals surface area contributed by atoms with E-state index in [9.17, 15) is 0 Å². The fourth-order valence-electron chi connectivity index (χ4n) is 2.17. The zero-order chi connectivity index (χ0) is 13.8. The first-order valence-electron chi connectivity index (χ1n) is 6.28. The summed E-state index contributed by atoms with van der Waals surface area (Å²) < 4.78 is 5.94. The highest BCUT2D eigenvalue weighted by molar-refractivity contribution is 6.30. The molecular weight excluding hydrogens is 258 g/mol. The highest BCUT2D eigenvalue weighted by Gasteiger charge is 2.07. The van der Waals surface area contributed by atoms with Crippen LogP contribution in [0.3, 0.4) is 0 Å². The number of aryl methyl sites for hydroxylation is 2. The predicted octanol–water partition coefficient (Wildman–Crippen LogP) is 3.99. The van der Waals surface area contributed by atoms with Crippen molar-refractivity contribution in [3.05, 3.63) is 63.7 Å². The van der Waals surface area contributed by atoms with Crippen LogP contribution in [0.1, 0.15) is 22.3 Å². The van der Waals surface area contributed by atoms with Gasteiger partial charge in [-0.1, -0.05) is 35.9 Å². The van der Waals surface area contributed by atoms with Crippen LogP contribution < -0.4 is 10.5 Å². The quantitative estimate of drug-likeness (QED) is 0.915. The Kier molecular flexibility index (Phi) is 4.46. The normalized spacial score (nSPS) is 10.5. The summed E-state index contributed by atoms with van der Waals surface area (Å²) in [4.78, 5) is 0. The SMILES string of the molecule is Cc1cc(Cl)cc(C)c1OCc1ccccc1CN. The fraction of sp³-hybridized carbons (Fsp3) is 0.250. The van der Waals surface area contributed by atoms with Crippen molar-refractivity contribution in [3.63, 3.8) is 0 Å². The summed E-state index contributed by atoms with van der Waals surface area (Å²) in [6, 6.07) is 11.9. The van der Waals surface area contributed by atoms with Crippen LogP contribution in [0.4, 0.5) is 0 Å². The summed E-state index contributed by atoms with van der Waals surface area (Å²) in [5.41, 5.74) is 10.1. The van der Waals surface area contributed by atoms with E-state index in [4.69, 9.17) is 22.1 Å². The Balaban J connectivity index is 2.19. The minimum absolute atomic E-state index is 0.524. The molecule has 0 aromatic heterocycles. The van der Waals surface area contributed by atoms with Gasteiger partial charge in [0, 0.05) is 11.6 Å². The molecule has 0 aliphatic carbocycles. The third-order valence-corrected chi connectivity index (χ3v) is 3.35. The Morgan fingerprint density at radius 1 is 1.05 bits per heavy atom. The van der Waals surface area contributed by atoms with Gasteiger partial charge in [-0.3, -0.25) is 0 Å². The Bertz CT molecular complexity index is 558. The molecule has 3 heteroatoms. The van der Waals surface area contributed by atoms with E-state index >= 15 is 0 Å². The van der Waals surface area contributed by atoms with E-state index in [1.54, 1.807) is 0 Å². The Hall–Kier alpha value is -1.51. The van der Waals surface area contributed by atoms with Gasteiger partial charge in [-0.15, -0.1) is 0 Å². The van der Waals surface area contributed by atoms with Gasteiger partial charge in [0.2, 0.25) is 0 Å². The maximum absolute atomic E-state index is 6.01. The molecule has 0 fully saturated rings. The van der Waals surface area contributed by atoms with Gasteiger partial charge >= 0.3 is 0 Å². The number of ether oxygens (including phenoxy) is 1. The van der Waals surface area contributed by atoms with Crippen LogP contribution in [0.15, 0.2) is 36.4 Å². The van der Waals surface area contributed by atoms with E-state index in [1.807, 2.05) is 50.2 Å². The van der Waals surface area contributed by atoms with Crippen molar-refractivity contribution in [1.82, 2.24) is 0 Å². The van der Waals surface area contributed by atoms with Crippen LogP contribution >= 0.6 is 11.6 Å². The number of hydrogen-bond donors (Lipinski definition) is 1. The van der Waals surface area contributed by atoms with Crippen molar-refractivity contribution in [2.24, 2.45) is 5.73 Å². The molecule has 2 rings (SSSR count). The lowest BCUT2D eigenvalue weighted by Crippen LogP contribution is -2.05. The largest absolute Gasteiger partial charge is 0.488 e. The van der Waals surface area contributed by atoms with Crippen molar-refractivity contribution in [1.29, 1.82) is 0 Å². The van der Waals surface area contributed by atoms with Gasteiger partial charge in [0.1, 0.15) is 12.4 Å². The van der Waals surface area contributed by atoms with Crippen LogP contribution in [0.25, 0.3) is 0 Å². The number of benzene rings is 2. The smallest absolute Gasteiger partial charge is 0.125 e. The average Bonchev–Trinajstić information content (AvgIpc) is 2.38. The maximum atomic E-state index is 6.01. The Morgan fingerprint density at radius 3 is 2.21 bits per heavy atom. The number of halogens is 1. The first-order valence-corrected chi connectivity index (χ1v) is 6.66. The molecule has 0 atom stereocenters. The molecule has 2 N–H and O–H groups in total. The van der Waals surface area contributed by atoms with Crippen molar-refractivity contribution < 1.29 is 4.74 Å². The fourth-order valence-corrected chi connectivity index (χ4v) is 2.50. The van der Waals surface area contributed by atoms with Gasteiger partial charge in [0.25, 0.3) is 0 Å².